The fraction of sp³-hybridized carbons (Fsp3) is 0.385. The molecule has 6 nitrogen and oxygen atoms in total. The van der Waals surface area contributed by atoms with E-state index in [-0.39, 0.29) is 11.3 Å². The molecule has 0 aliphatic rings. The monoisotopic (exact) mass is 264 g/mol. The summed E-state index contributed by atoms with van der Waals surface area (Å²) in [6.45, 7) is 1.20. The van der Waals surface area contributed by atoms with Gasteiger partial charge in [-0.3, -0.25) is 4.57 Å². The van der Waals surface area contributed by atoms with Gasteiger partial charge < -0.3 is 14.8 Å². The molecule has 0 saturated carbocycles. The molecule has 0 fully saturated rings. The first-order valence-corrected chi connectivity index (χ1v) is 6.09. The summed E-state index contributed by atoms with van der Waals surface area (Å²) in [6.07, 6.45) is 1.66. The highest BCUT2D eigenvalue weighted by Gasteiger charge is 2.13. The third-order valence-corrected chi connectivity index (χ3v) is 3.02. The van der Waals surface area contributed by atoms with Gasteiger partial charge in [-0.15, -0.1) is 0 Å². The number of nitrogens with zero attached hydrogens (tertiary/aromatic N) is 1. The van der Waals surface area contributed by atoms with Crippen LogP contribution >= 0.6 is 0 Å². The first-order valence-electron chi connectivity index (χ1n) is 6.09. The second-order valence-electron chi connectivity index (χ2n) is 4.29. The molecular formula is C13H16N2O4. The third-order valence-electron chi connectivity index (χ3n) is 3.02. The fourth-order valence-corrected chi connectivity index (χ4v) is 2.10. The van der Waals surface area contributed by atoms with Crippen molar-refractivity contribution in [1.29, 1.82) is 0 Å². The molecule has 2 aromatic rings. The summed E-state index contributed by atoms with van der Waals surface area (Å²) in [6, 6.07) is 4.87. The summed E-state index contributed by atoms with van der Waals surface area (Å²) in [4.78, 5) is 25.6. The van der Waals surface area contributed by atoms with Crippen molar-refractivity contribution in [3.05, 3.63) is 34.2 Å². The Labute approximate surface area is 109 Å². The maximum Gasteiger partial charge on any atom is 0.337 e. The van der Waals surface area contributed by atoms with Gasteiger partial charge in [0.25, 0.3) is 0 Å². The van der Waals surface area contributed by atoms with E-state index in [0.29, 0.717) is 24.2 Å². The molecule has 102 valence electrons. The van der Waals surface area contributed by atoms with Crippen LogP contribution < -0.4 is 5.69 Å². The highest BCUT2D eigenvalue weighted by atomic mass is 16.5. The number of aromatic nitrogens is 2. The predicted molar refractivity (Wildman–Crippen MR) is 70.6 cm³/mol. The number of methoxy groups -OCH3 is 1. The van der Waals surface area contributed by atoms with Crippen molar-refractivity contribution in [2.24, 2.45) is 0 Å². The average Bonchev–Trinajstić information content (AvgIpc) is 2.70. The van der Waals surface area contributed by atoms with Crippen LogP contribution in [0, 0.1) is 0 Å². The van der Waals surface area contributed by atoms with E-state index >= 15 is 0 Å². The van der Waals surface area contributed by atoms with Gasteiger partial charge >= 0.3 is 11.7 Å². The van der Waals surface area contributed by atoms with Crippen LogP contribution in [0.1, 0.15) is 23.2 Å². The van der Waals surface area contributed by atoms with Crippen molar-refractivity contribution in [2.75, 3.05) is 13.7 Å². The number of aromatic carboxylic acids is 1. The largest absolute Gasteiger partial charge is 0.478 e. The Morgan fingerprint density at radius 3 is 2.89 bits per heavy atom. The second kappa shape index (κ2) is 5.71. The Hall–Kier alpha value is -2.08. The number of H-pyrrole nitrogens is 1. The lowest BCUT2D eigenvalue weighted by atomic mass is 10.2. The van der Waals surface area contributed by atoms with Gasteiger partial charge in [-0.1, -0.05) is 6.07 Å². The quantitative estimate of drug-likeness (QED) is 0.773. The molecular weight excluding hydrogens is 248 g/mol. The molecule has 0 unspecified atom stereocenters. The van der Waals surface area contributed by atoms with E-state index in [1.165, 1.54) is 6.07 Å². The molecule has 0 radical (unpaired) electrons. The zero-order valence-electron chi connectivity index (χ0n) is 10.7. The molecule has 2 rings (SSSR count). The number of aromatic amines is 1. The summed E-state index contributed by atoms with van der Waals surface area (Å²) in [5, 5.41) is 9.08. The van der Waals surface area contributed by atoms with E-state index < -0.39 is 5.97 Å². The van der Waals surface area contributed by atoms with E-state index in [2.05, 4.69) is 4.98 Å². The summed E-state index contributed by atoms with van der Waals surface area (Å²) < 4.78 is 6.52. The number of carboxylic acids is 1. The Bertz CT molecular complexity index is 642. The summed E-state index contributed by atoms with van der Waals surface area (Å²) in [7, 11) is 1.64. The molecule has 0 amide bonds. The molecule has 0 saturated heterocycles. The number of benzene rings is 1. The lowest BCUT2D eigenvalue weighted by Gasteiger charge is -2.03. The molecule has 1 aromatic heterocycles. The summed E-state index contributed by atoms with van der Waals surface area (Å²) in [5.74, 6) is -1.04. The van der Waals surface area contributed by atoms with Crippen LogP contribution in [0.2, 0.25) is 0 Å². The van der Waals surface area contributed by atoms with Crippen LogP contribution in [0.15, 0.2) is 23.0 Å². The molecule has 0 aliphatic heterocycles. The number of nitrogens with one attached hydrogen (secondary N) is 1. The maximum atomic E-state index is 11.9. The minimum atomic E-state index is -1.04. The third kappa shape index (κ3) is 2.68. The number of ether oxygens (including phenoxy) is 1. The minimum absolute atomic E-state index is 0.116. The highest BCUT2D eigenvalue weighted by Crippen LogP contribution is 2.16. The van der Waals surface area contributed by atoms with Gasteiger partial charge in [0.15, 0.2) is 0 Å². The van der Waals surface area contributed by atoms with Crippen molar-refractivity contribution in [3.8, 4) is 0 Å². The van der Waals surface area contributed by atoms with Crippen molar-refractivity contribution in [1.82, 2.24) is 9.55 Å². The predicted octanol–water partition coefficient (Wildman–Crippen LogP) is 1.45. The average molecular weight is 264 g/mol. The van der Waals surface area contributed by atoms with Crippen molar-refractivity contribution < 1.29 is 14.6 Å². The smallest absolute Gasteiger partial charge is 0.337 e. The van der Waals surface area contributed by atoms with Gasteiger partial charge in [-0.05, 0) is 25.0 Å². The fourth-order valence-electron chi connectivity index (χ4n) is 2.10. The molecule has 19 heavy (non-hydrogen) atoms. The minimum Gasteiger partial charge on any atom is -0.478 e. The van der Waals surface area contributed by atoms with Gasteiger partial charge in [0.1, 0.15) is 0 Å². The number of carbonyl (C=O) groups is 1. The van der Waals surface area contributed by atoms with E-state index in [1.54, 1.807) is 23.8 Å². The highest BCUT2D eigenvalue weighted by molar-refractivity contribution is 6.00. The van der Waals surface area contributed by atoms with Crippen LogP contribution in [0.25, 0.3) is 11.0 Å². The number of para-hydroxylation sites is 1. The van der Waals surface area contributed by atoms with Crippen molar-refractivity contribution in [2.45, 2.75) is 19.4 Å². The zero-order valence-corrected chi connectivity index (χ0v) is 10.7. The Balaban J connectivity index is 2.34. The number of hydrogen-bond acceptors (Lipinski definition) is 3. The molecule has 1 heterocycles. The van der Waals surface area contributed by atoms with Gasteiger partial charge in [0.05, 0.1) is 16.6 Å². The Kier molecular flexibility index (Phi) is 4.01. The topological polar surface area (TPSA) is 84.3 Å². The van der Waals surface area contributed by atoms with Gasteiger partial charge in [0.2, 0.25) is 0 Å². The molecule has 0 atom stereocenters. The van der Waals surface area contributed by atoms with Gasteiger partial charge in [-0.25, -0.2) is 9.59 Å². The molecule has 0 aliphatic carbocycles. The van der Waals surface area contributed by atoms with Crippen molar-refractivity contribution >= 4 is 17.0 Å². The number of fused-ring (bicyclic) bond motifs is 1. The molecule has 0 bridgehead atoms. The van der Waals surface area contributed by atoms with Crippen LogP contribution in [0.3, 0.4) is 0 Å². The van der Waals surface area contributed by atoms with Crippen LogP contribution in [-0.4, -0.2) is 34.3 Å². The summed E-state index contributed by atoms with van der Waals surface area (Å²) in [5.41, 5.74) is 0.848. The van der Waals surface area contributed by atoms with Gasteiger partial charge in [0, 0.05) is 20.3 Å². The van der Waals surface area contributed by atoms with Crippen molar-refractivity contribution in [3.63, 3.8) is 0 Å². The Morgan fingerprint density at radius 2 is 2.21 bits per heavy atom. The van der Waals surface area contributed by atoms with E-state index in [9.17, 15) is 9.59 Å². The van der Waals surface area contributed by atoms with Crippen LogP contribution in [-0.2, 0) is 11.3 Å². The maximum absolute atomic E-state index is 11.9. The first-order chi connectivity index (χ1) is 9.15. The molecule has 1 aromatic carbocycles. The second-order valence-corrected chi connectivity index (χ2v) is 4.29. The molecule has 2 N–H and O–H groups in total. The first kappa shape index (κ1) is 13.4. The normalized spacial score (nSPS) is 11.0. The SMILES string of the molecule is COCCCCn1c(=O)[nH]c2c(C(=O)O)cccc21. The zero-order chi connectivity index (χ0) is 13.8. The standard InChI is InChI=1S/C13H16N2O4/c1-19-8-3-2-7-15-10-6-4-5-9(12(16)17)11(10)14-13(15)18/h4-6H,2-3,7-8H2,1H3,(H,14,18)(H,16,17). The number of imidazole rings is 1. The van der Waals surface area contributed by atoms with Gasteiger partial charge in [-0.2, -0.15) is 0 Å². The molecule has 6 heteroatoms. The number of unbranched alkanes of at least 4 members (excludes halogenated alkanes) is 1. The van der Waals surface area contributed by atoms with E-state index in [1.807, 2.05) is 0 Å². The number of hydrogen-bond donors (Lipinski definition) is 2. The summed E-state index contributed by atoms with van der Waals surface area (Å²) >= 11 is 0. The molecule has 0 spiro atoms. The Morgan fingerprint density at radius 1 is 1.42 bits per heavy atom. The lowest BCUT2D eigenvalue weighted by molar-refractivity contribution is 0.0699. The van der Waals surface area contributed by atoms with Crippen LogP contribution in [0.5, 0.6) is 0 Å². The number of rotatable bonds is 6. The number of aryl methyl sites for hydroxylation is 1. The lowest BCUT2D eigenvalue weighted by Crippen LogP contribution is -2.16. The van der Waals surface area contributed by atoms with E-state index in [4.69, 9.17) is 9.84 Å². The van der Waals surface area contributed by atoms with E-state index in [0.717, 1.165) is 12.8 Å². The van der Waals surface area contributed by atoms with Crippen LogP contribution in [0.4, 0.5) is 0 Å². The number of carboxylic acid groups (broad SMARTS) is 1.